The van der Waals surface area contributed by atoms with Crippen LogP contribution in [0, 0.1) is 28.1 Å². The van der Waals surface area contributed by atoms with E-state index in [1.807, 2.05) is 36.4 Å². The van der Waals surface area contributed by atoms with Crippen LogP contribution in [0.3, 0.4) is 0 Å². The van der Waals surface area contributed by atoms with E-state index in [-0.39, 0.29) is 29.2 Å². The van der Waals surface area contributed by atoms with E-state index in [0.29, 0.717) is 47.8 Å². The number of carbonyl (C=O) groups is 1. The first kappa shape index (κ1) is 51.6. The molecular weight excluding hydrogens is 845 g/mol. The van der Waals surface area contributed by atoms with Crippen LogP contribution in [0.25, 0.3) is 0 Å². The van der Waals surface area contributed by atoms with Gasteiger partial charge in [0.05, 0.1) is 37.9 Å². The minimum Gasteiger partial charge on any atom is -0.508 e. The number of phenols is 1. The normalized spacial score (nSPS) is 21.0. The molecule has 344 valence electrons. The predicted octanol–water partition coefficient (Wildman–Crippen LogP) is 4.80. The summed E-state index contributed by atoms with van der Waals surface area (Å²) in [5.41, 5.74) is 15.2. The van der Waals surface area contributed by atoms with E-state index in [2.05, 4.69) is 13.0 Å². The Bertz CT molecular complexity index is 2040. The van der Waals surface area contributed by atoms with E-state index in [1.165, 1.54) is 37.3 Å². The molecule has 11 N–H and O–H groups in total. The Morgan fingerprint density at radius 2 is 1.26 bits per heavy atom. The lowest BCUT2D eigenvalue weighted by Gasteiger charge is -2.50. The van der Waals surface area contributed by atoms with Gasteiger partial charge in [-0.3, -0.25) is 24.7 Å². The predicted molar refractivity (Wildman–Crippen MR) is 235 cm³/mol. The first-order chi connectivity index (χ1) is 29.2. The van der Waals surface area contributed by atoms with Crippen LogP contribution in [-0.2, 0) is 36.2 Å². The van der Waals surface area contributed by atoms with Gasteiger partial charge in [-0.1, -0.05) is 13.0 Å². The second kappa shape index (κ2) is 24.2. The third-order valence-corrected chi connectivity index (χ3v) is 12.7. The Hall–Kier alpha value is -4.79. The first-order valence-electron chi connectivity index (χ1n) is 20.4. The van der Waals surface area contributed by atoms with Gasteiger partial charge in [-0.15, -0.1) is 0 Å². The number of carbonyl (C=O) groups excluding carboxylic acids is 1. The summed E-state index contributed by atoms with van der Waals surface area (Å²) in [6.07, 6.45) is 9.79. The largest absolute Gasteiger partial charge is 0.508 e. The SMILES string of the molecule is CC(=O)OC1CCC2C3CCc4cc(O)ccc4C3CCC12C.N=C(N)c1ccc(OCCCCCOc2ccc(C(=N)N)cc2)cc1.O=S(=O)(O)CCO.O=S(=O)(O)CCO. The van der Waals surface area contributed by atoms with Crippen molar-refractivity contribution in [1.29, 1.82) is 10.8 Å². The number of phenolic OH excluding ortho intramolecular Hbond substituents is 1. The molecule has 0 bridgehead atoms. The van der Waals surface area contributed by atoms with Crippen LogP contribution in [0.5, 0.6) is 17.2 Å². The van der Waals surface area contributed by atoms with Crippen molar-refractivity contribution in [3.05, 3.63) is 89.0 Å². The van der Waals surface area contributed by atoms with Gasteiger partial charge >= 0.3 is 5.97 Å². The maximum absolute atomic E-state index is 11.4. The fraction of sp³-hybridized carbons (Fsp3) is 0.512. The summed E-state index contributed by atoms with van der Waals surface area (Å²) in [6, 6.07) is 20.4. The number of hydrogen-bond donors (Lipinski definition) is 9. The van der Waals surface area contributed by atoms with E-state index < -0.39 is 45.0 Å². The van der Waals surface area contributed by atoms with Gasteiger partial charge in [0, 0.05) is 23.5 Å². The van der Waals surface area contributed by atoms with Crippen LogP contribution in [0.1, 0.15) is 93.4 Å². The Balaban J connectivity index is 0.000000254. The molecule has 0 saturated heterocycles. The zero-order valence-corrected chi connectivity index (χ0v) is 36.9. The summed E-state index contributed by atoms with van der Waals surface area (Å²) in [5.74, 6) is 2.76. The minimum atomic E-state index is -3.92. The monoisotopic (exact) mass is 906 g/mol. The van der Waals surface area contributed by atoms with Gasteiger partial charge in [0.15, 0.2) is 0 Å². The lowest BCUT2D eigenvalue weighted by atomic mass is 9.55. The Morgan fingerprint density at radius 3 is 1.68 bits per heavy atom. The Morgan fingerprint density at radius 1 is 0.758 bits per heavy atom. The molecule has 62 heavy (non-hydrogen) atoms. The van der Waals surface area contributed by atoms with Gasteiger partial charge in [0.2, 0.25) is 0 Å². The zero-order valence-electron chi connectivity index (χ0n) is 35.2. The quantitative estimate of drug-likeness (QED) is 0.0325. The van der Waals surface area contributed by atoms with Crippen molar-refractivity contribution >= 4 is 37.9 Å². The van der Waals surface area contributed by atoms with Crippen molar-refractivity contribution in [3.8, 4) is 17.2 Å². The molecule has 3 aliphatic carbocycles. The molecule has 2 saturated carbocycles. The molecule has 0 amide bonds. The second-order valence-electron chi connectivity index (χ2n) is 15.7. The standard InChI is InChI=1S/C20H26O3.C19H24N4O2.2C2H6O4S/c1-12(21)23-19-8-7-18-17-5-3-13-11-14(22)4-6-15(13)16(17)9-10-20(18,19)2;20-18(21)14-4-8-16(9-5-14)24-12-2-1-3-13-25-17-10-6-15(7-11-17)19(22)23;2*3-1-2-7(4,5)6/h4,6,11,16-19,22H,3,5,7-10H2,1-2H3;4-11H,1-3,12-13H2,(H3,20,21)(H3,22,23);2*3H,1-2H2,(H,4,5,6). The van der Waals surface area contributed by atoms with Crippen molar-refractivity contribution in [2.45, 2.75) is 83.7 Å². The molecule has 19 heteroatoms. The van der Waals surface area contributed by atoms with Crippen molar-refractivity contribution in [1.82, 2.24) is 0 Å². The molecule has 6 rings (SSSR count). The maximum atomic E-state index is 11.4. The van der Waals surface area contributed by atoms with Crippen molar-refractivity contribution in [2.75, 3.05) is 37.9 Å². The number of nitrogen functional groups attached to an aromatic ring is 2. The lowest BCUT2D eigenvalue weighted by Crippen LogP contribution is -2.45. The molecule has 0 spiro atoms. The van der Waals surface area contributed by atoms with E-state index in [0.717, 1.165) is 50.0 Å². The number of ether oxygens (including phenoxy) is 3. The second-order valence-corrected chi connectivity index (χ2v) is 18.8. The van der Waals surface area contributed by atoms with E-state index in [9.17, 15) is 26.7 Å². The summed E-state index contributed by atoms with van der Waals surface area (Å²) in [4.78, 5) is 11.4. The number of aliphatic hydroxyl groups excluding tert-OH is 2. The van der Waals surface area contributed by atoms with Crippen LogP contribution in [0.15, 0.2) is 66.7 Å². The number of nitrogens with two attached hydrogens (primary N) is 2. The first-order valence-corrected chi connectivity index (χ1v) is 23.6. The van der Waals surface area contributed by atoms with Gasteiger partial charge < -0.3 is 41.0 Å². The molecule has 17 nitrogen and oxygen atoms in total. The molecule has 0 aliphatic heterocycles. The number of amidine groups is 2. The molecule has 0 aromatic heterocycles. The average molecular weight is 907 g/mol. The van der Waals surface area contributed by atoms with Crippen LogP contribution in [0.2, 0.25) is 0 Å². The highest BCUT2D eigenvalue weighted by atomic mass is 32.2. The third-order valence-electron chi connectivity index (χ3n) is 11.3. The number of esters is 1. The zero-order chi connectivity index (χ0) is 46.1. The fourth-order valence-corrected chi connectivity index (χ4v) is 8.83. The number of hydrogen-bond acceptors (Lipinski definition) is 13. The van der Waals surface area contributed by atoms with Gasteiger partial charge in [-0.25, -0.2) is 0 Å². The minimum absolute atomic E-state index is 0.0579. The summed E-state index contributed by atoms with van der Waals surface area (Å²) in [7, 11) is -7.85. The number of rotatable bonds is 15. The van der Waals surface area contributed by atoms with Crippen LogP contribution in [-0.4, -0.2) is 103 Å². The molecule has 3 aliphatic rings. The van der Waals surface area contributed by atoms with Crippen molar-refractivity contribution < 1.29 is 60.3 Å². The molecular formula is C43H62N4O13S2. The number of unbranched alkanes of at least 4 members (excludes halogenated alkanes) is 2. The van der Waals surface area contributed by atoms with E-state index >= 15 is 0 Å². The summed E-state index contributed by atoms with van der Waals surface area (Å²) >= 11 is 0. The topological polar surface area (TPSA) is 314 Å². The van der Waals surface area contributed by atoms with Crippen LogP contribution in [0.4, 0.5) is 0 Å². The van der Waals surface area contributed by atoms with Gasteiger partial charge in [-0.2, -0.15) is 16.8 Å². The Labute approximate surface area is 364 Å². The van der Waals surface area contributed by atoms with Crippen molar-refractivity contribution in [2.24, 2.45) is 28.7 Å². The van der Waals surface area contributed by atoms with Gasteiger partial charge in [0.1, 0.15) is 35.0 Å². The lowest BCUT2D eigenvalue weighted by molar-refractivity contribution is -0.154. The van der Waals surface area contributed by atoms with Gasteiger partial charge in [0.25, 0.3) is 20.2 Å². The van der Waals surface area contributed by atoms with Crippen LogP contribution >= 0.6 is 0 Å². The highest BCUT2D eigenvalue weighted by Gasteiger charge is 2.56. The number of aliphatic hydroxyl groups is 2. The highest BCUT2D eigenvalue weighted by molar-refractivity contribution is 7.86. The third kappa shape index (κ3) is 16.8. The highest BCUT2D eigenvalue weighted by Crippen LogP contribution is 2.61. The summed E-state index contributed by atoms with van der Waals surface area (Å²) in [5, 5.41) is 40.2. The molecule has 3 aromatic carbocycles. The molecule has 0 radical (unpaired) electrons. The van der Waals surface area contributed by atoms with E-state index in [4.69, 9.17) is 55.8 Å². The number of fused-ring (bicyclic) bond motifs is 5. The molecule has 0 heterocycles. The Kier molecular flexibility index (Phi) is 20.1. The molecule has 3 aromatic rings. The van der Waals surface area contributed by atoms with Gasteiger partial charge in [-0.05, 0) is 147 Å². The average Bonchev–Trinajstić information content (AvgIpc) is 3.52. The molecule has 5 atom stereocenters. The van der Waals surface area contributed by atoms with Crippen molar-refractivity contribution in [3.63, 3.8) is 0 Å². The smallest absolute Gasteiger partial charge is 0.302 e. The number of benzene rings is 3. The molecule has 5 unspecified atom stereocenters. The van der Waals surface area contributed by atoms with Crippen LogP contribution < -0.4 is 20.9 Å². The fourth-order valence-electron chi connectivity index (χ4n) is 8.37. The summed E-state index contributed by atoms with van der Waals surface area (Å²) < 4.78 is 71.2. The number of nitrogens with one attached hydrogen (secondary N) is 2. The maximum Gasteiger partial charge on any atom is 0.302 e. The molecule has 2 fully saturated rings. The summed E-state index contributed by atoms with van der Waals surface area (Å²) in [6.45, 7) is 4.11. The number of aromatic hydroxyl groups is 1. The number of aryl methyl sites for hydroxylation is 1. The van der Waals surface area contributed by atoms with E-state index in [1.54, 1.807) is 24.3 Å².